The Bertz CT molecular complexity index is 23.0. The van der Waals surface area contributed by atoms with Crippen LogP contribution in [0.25, 0.3) is 0 Å². The SMILES string of the molecule is Cl[Si](Cl)(Cl)Cl.[Ar]. The zero-order chi connectivity index (χ0) is 4.50. The molecule has 0 aliphatic rings. The Balaban J connectivity index is 0. The maximum atomic E-state index is 4.97. The minimum Gasteiger partial charge on any atom is -0.110 e. The van der Waals surface area contributed by atoms with E-state index in [2.05, 4.69) is 0 Å². The van der Waals surface area contributed by atoms with Gasteiger partial charge in [-0.2, -0.15) is 0 Å². The molecule has 0 bridgehead atoms. The first-order valence-corrected chi connectivity index (χ1v) is 6.80. The van der Waals surface area contributed by atoms with Gasteiger partial charge in [0.2, 0.25) is 0 Å². The van der Waals surface area contributed by atoms with E-state index < -0.39 is 5.31 Å². The van der Waals surface area contributed by atoms with E-state index in [9.17, 15) is 0 Å². The van der Waals surface area contributed by atoms with Crippen molar-refractivity contribution in [1.29, 1.82) is 0 Å². The van der Waals surface area contributed by atoms with Crippen LogP contribution in [0.1, 0.15) is 0 Å². The fourth-order valence-electron chi connectivity index (χ4n) is 0. The van der Waals surface area contributed by atoms with E-state index in [4.69, 9.17) is 44.3 Å². The Morgan fingerprint density at radius 1 is 0.833 bits per heavy atom. The summed E-state index contributed by atoms with van der Waals surface area (Å²) < 4.78 is 0. The molecular formula is ArCl4Si. The van der Waals surface area contributed by atoms with Crippen molar-refractivity contribution in [2.45, 2.75) is 0 Å². The fraction of sp³-hybridized carbons (Fsp3) is 0. The smallest absolute Gasteiger partial charge is 0.110 e. The topological polar surface area (TPSA) is 0 Å². The van der Waals surface area contributed by atoms with Gasteiger partial charge in [0.15, 0.2) is 0 Å². The Morgan fingerprint density at radius 3 is 0.833 bits per heavy atom. The second-order valence-corrected chi connectivity index (χ2v) is 11.6. The van der Waals surface area contributed by atoms with Gasteiger partial charge in [0.25, 0.3) is 0 Å². The molecule has 0 unspecified atom stereocenters. The molecule has 0 aromatic carbocycles. The molecule has 40 valence electrons. The van der Waals surface area contributed by atoms with Crippen molar-refractivity contribution < 1.29 is 37.7 Å². The van der Waals surface area contributed by atoms with Crippen molar-refractivity contribution in [1.82, 2.24) is 0 Å². The molecule has 0 aromatic heterocycles. The summed E-state index contributed by atoms with van der Waals surface area (Å²) in [4.78, 5) is 0. The maximum Gasteiger partial charge on any atom is 0.440 e. The minimum atomic E-state index is -2.72. The van der Waals surface area contributed by atoms with E-state index >= 15 is 0 Å². The van der Waals surface area contributed by atoms with E-state index in [0.29, 0.717) is 0 Å². The molecule has 6 heteroatoms. The van der Waals surface area contributed by atoms with Crippen molar-refractivity contribution in [3.63, 3.8) is 0 Å². The summed E-state index contributed by atoms with van der Waals surface area (Å²) in [7, 11) is 0. The van der Waals surface area contributed by atoms with Gasteiger partial charge in [-0.25, -0.2) is 0 Å². The number of rotatable bonds is 0. The van der Waals surface area contributed by atoms with Crippen LogP contribution in [-0.2, 0) is 0 Å². The molecule has 0 saturated heterocycles. The van der Waals surface area contributed by atoms with Crippen molar-refractivity contribution in [3.05, 3.63) is 0 Å². The van der Waals surface area contributed by atoms with Gasteiger partial charge in [-0.1, -0.05) is 0 Å². The van der Waals surface area contributed by atoms with E-state index in [-0.39, 0.29) is 37.7 Å². The molecule has 0 fully saturated rings. The summed E-state index contributed by atoms with van der Waals surface area (Å²) in [6.45, 7) is 0. The van der Waals surface area contributed by atoms with Crippen molar-refractivity contribution >= 4 is 49.6 Å². The molecule has 0 nitrogen and oxygen atoms in total. The largest absolute Gasteiger partial charge is 0.440 e. The fourth-order valence-corrected chi connectivity index (χ4v) is 0. The Kier molecular flexibility index (Phi) is 8.59. The van der Waals surface area contributed by atoms with Crippen LogP contribution in [0.4, 0.5) is 0 Å². The average molecular weight is 210 g/mol. The van der Waals surface area contributed by atoms with Gasteiger partial charge in [0.1, 0.15) is 0 Å². The van der Waals surface area contributed by atoms with Crippen LogP contribution in [0.3, 0.4) is 0 Å². The third-order valence-corrected chi connectivity index (χ3v) is 0. The number of halogens is 4. The molecule has 0 spiro atoms. The van der Waals surface area contributed by atoms with Gasteiger partial charge < -0.3 is 0 Å². The van der Waals surface area contributed by atoms with E-state index in [1.165, 1.54) is 0 Å². The molecule has 0 amide bonds. The summed E-state index contributed by atoms with van der Waals surface area (Å²) in [6, 6.07) is 0. The van der Waals surface area contributed by atoms with Crippen molar-refractivity contribution in [2.75, 3.05) is 0 Å². The van der Waals surface area contributed by atoms with Crippen LogP contribution in [-0.4, -0.2) is 5.31 Å². The van der Waals surface area contributed by atoms with Crippen LogP contribution >= 0.6 is 44.3 Å². The third-order valence-electron chi connectivity index (χ3n) is 0. The second kappa shape index (κ2) is 4.51. The van der Waals surface area contributed by atoms with Gasteiger partial charge in [0.05, 0.1) is 0 Å². The number of hydrogen-bond acceptors (Lipinski definition) is 0. The molecule has 0 heterocycles. The molecule has 0 aliphatic heterocycles. The van der Waals surface area contributed by atoms with Crippen molar-refractivity contribution in [3.8, 4) is 0 Å². The summed E-state index contributed by atoms with van der Waals surface area (Å²) in [6.07, 6.45) is 0. The quantitative estimate of drug-likeness (QED) is 0.425. The summed E-state index contributed by atoms with van der Waals surface area (Å²) in [5, 5.41) is -2.72. The van der Waals surface area contributed by atoms with Crippen LogP contribution in [0.5, 0.6) is 0 Å². The van der Waals surface area contributed by atoms with E-state index in [1.54, 1.807) is 0 Å². The standard InChI is InChI=1S/Ar.Cl4Si/c;1-5(2,3)4. The average Bonchev–Trinajstić information content (AvgIpc) is 0.722. The van der Waals surface area contributed by atoms with Crippen molar-refractivity contribution in [2.24, 2.45) is 0 Å². The van der Waals surface area contributed by atoms with Gasteiger partial charge in [-0.15, -0.1) is 44.3 Å². The van der Waals surface area contributed by atoms with Crippen LogP contribution in [0.2, 0.25) is 0 Å². The zero-order valence-corrected chi connectivity index (χ0v) is 7.10. The second-order valence-electron chi connectivity index (χ2n) is 0.429. The summed E-state index contributed by atoms with van der Waals surface area (Å²) >= 11 is 19.9. The molecule has 0 atom stereocenters. The Morgan fingerprint density at radius 2 is 0.833 bits per heavy atom. The first kappa shape index (κ1) is 11.4. The molecule has 0 N–H and O–H groups in total. The van der Waals surface area contributed by atoms with Crippen LogP contribution < -0.4 is 0 Å². The summed E-state index contributed by atoms with van der Waals surface area (Å²) in [5.41, 5.74) is 0. The van der Waals surface area contributed by atoms with Crippen LogP contribution in [0, 0.1) is 37.7 Å². The Labute approximate surface area is 85.9 Å². The van der Waals surface area contributed by atoms with Gasteiger partial charge in [0, 0.05) is 37.7 Å². The molecular weight excluding hydrogens is 210 g/mol. The zero-order valence-electron chi connectivity index (χ0n) is 2.37. The maximum absolute atomic E-state index is 4.97. The molecule has 6 heavy (non-hydrogen) atoms. The monoisotopic (exact) mass is 208 g/mol. The molecule has 0 saturated carbocycles. The molecule has 0 aliphatic carbocycles. The van der Waals surface area contributed by atoms with Gasteiger partial charge >= 0.3 is 5.31 Å². The first-order chi connectivity index (χ1) is 2.00. The molecule has 0 aromatic rings. The van der Waals surface area contributed by atoms with Gasteiger partial charge in [-0.05, 0) is 0 Å². The minimum absolute atomic E-state index is 0. The normalized spacial score (nSPS) is 10.0. The number of hydrogen-bond donors (Lipinski definition) is 0. The third kappa shape index (κ3) is 30.3. The predicted molar refractivity (Wildman–Crippen MR) is 29.2 cm³/mol. The Hall–Kier alpha value is 2.64. The molecule has 0 rings (SSSR count). The van der Waals surface area contributed by atoms with E-state index in [0.717, 1.165) is 0 Å². The summed E-state index contributed by atoms with van der Waals surface area (Å²) in [5.74, 6) is 0. The van der Waals surface area contributed by atoms with Crippen LogP contribution in [0.15, 0.2) is 0 Å². The predicted octanol–water partition coefficient (Wildman–Crippen LogP) is 2.38. The molecule has 0 radical (unpaired) electrons. The van der Waals surface area contributed by atoms with Gasteiger partial charge in [-0.3, -0.25) is 0 Å². The van der Waals surface area contributed by atoms with E-state index in [1.807, 2.05) is 0 Å². The first-order valence-electron chi connectivity index (χ1n) is 0.756.